The summed E-state index contributed by atoms with van der Waals surface area (Å²) >= 11 is 0. The number of halogens is 3. The SMILES string of the molecule is COc1ccc2ncc(C)c(CCCC3(C(=O)NO)CCN(CCNc4cc(F)cc(F)c4F)CC3)c2c1. The molecule has 1 amide bonds. The van der Waals surface area contributed by atoms with Gasteiger partial charge in [0.05, 0.1) is 23.7 Å². The first-order valence-corrected chi connectivity index (χ1v) is 12.7. The molecule has 0 bridgehead atoms. The third-order valence-corrected chi connectivity index (χ3v) is 7.62. The Morgan fingerprint density at radius 3 is 2.66 bits per heavy atom. The fourth-order valence-corrected chi connectivity index (χ4v) is 5.34. The van der Waals surface area contributed by atoms with Crippen LogP contribution in [0.4, 0.5) is 18.9 Å². The van der Waals surface area contributed by atoms with Gasteiger partial charge in [0.2, 0.25) is 5.91 Å². The molecule has 1 aliphatic rings. The lowest BCUT2D eigenvalue weighted by Gasteiger charge is -2.40. The number of amides is 1. The zero-order valence-corrected chi connectivity index (χ0v) is 21.6. The Hall–Kier alpha value is -3.37. The average molecular weight is 531 g/mol. The van der Waals surface area contributed by atoms with Crippen molar-refractivity contribution in [2.45, 2.75) is 39.0 Å². The molecule has 3 N–H and O–H groups in total. The Morgan fingerprint density at radius 1 is 1.18 bits per heavy atom. The van der Waals surface area contributed by atoms with E-state index in [1.54, 1.807) is 7.11 Å². The van der Waals surface area contributed by atoms with Crippen molar-refractivity contribution in [3.05, 3.63) is 65.1 Å². The van der Waals surface area contributed by atoms with Crippen molar-refractivity contribution in [1.82, 2.24) is 15.4 Å². The molecule has 1 aliphatic heterocycles. The Morgan fingerprint density at radius 2 is 1.95 bits per heavy atom. The van der Waals surface area contributed by atoms with Crippen LogP contribution in [0.15, 0.2) is 36.5 Å². The molecule has 7 nitrogen and oxygen atoms in total. The number of hydroxylamine groups is 1. The van der Waals surface area contributed by atoms with Crippen LogP contribution in [0.25, 0.3) is 10.9 Å². The van der Waals surface area contributed by atoms with Gasteiger partial charge in [-0.1, -0.05) is 0 Å². The quantitative estimate of drug-likeness (QED) is 0.195. The van der Waals surface area contributed by atoms with Gasteiger partial charge in [0, 0.05) is 36.8 Å². The van der Waals surface area contributed by atoms with E-state index >= 15 is 0 Å². The number of carbonyl (C=O) groups is 1. The van der Waals surface area contributed by atoms with Crippen molar-refractivity contribution in [1.29, 1.82) is 0 Å². The molecule has 0 atom stereocenters. The summed E-state index contributed by atoms with van der Waals surface area (Å²) in [4.78, 5) is 19.4. The summed E-state index contributed by atoms with van der Waals surface area (Å²) in [5, 5.41) is 13.3. The smallest absolute Gasteiger partial charge is 0.249 e. The minimum atomic E-state index is -1.24. The van der Waals surface area contributed by atoms with Crippen molar-refractivity contribution in [3.63, 3.8) is 0 Å². The number of likely N-dealkylation sites (tertiary alicyclic amines) is 1. The predicted octanol–water partition coefficient (Wildman–Crippen LogP) is 4.99. The lowest BCUT2D eigenvalue weighted by molar-refractivity contribution is -0.143. The van der Waals surface area contributed by atoms with Gasteiger partial charge < -0.3 is 15.0 Å². The van der Waals surface area contributed by atoms with E-state index < -0.39 is 22.9 Å². The van der Waals surface area contributed by atoms with Crippen LogP contribution >= 0.6 is 0 Å². The zero-order chi connectivity index (χ0) is 27.3. The lowest BCUT2D eigenvalue weighted by atomic mass is 9.73. The van der Waals surface area contributed by atoms with Gasteiger partial charge in [-0.2, -0.15) is 0 Å². The van der Waals surface area contributed by atoms with Crippen LogP contribution in [0.1, 0.15) is 36.8 Å². The maximum absolute atomic E-state index is 13.9. The van der Waals surface area contributed by atoms with E-state index in [0.29, 0.717) is 45.0 Å². The van der Waals surface area contributed by atoms with Crippen LogP contribution in [-0.4, -0.2) is 54.3 Å². The maximum Gasteiger partial charge on any atom is 0.249 e. The lowest BCUT2D eigenvalue weighted by Crippen LogP contribution is -2.49. The molecule has 1 saturated heterocycles. The molecular formula is C28H33F3N4O3. The molecule has 0 radical (unpaired) electrons. The zero-order valence-electron chi connectivity index (χ0n) is 21.6. The maximum atomic E-state index is 13.9. The number of aryl methyl sites for hydroxylation is 2. The molecule has 204 valence electrons. The number of hydrogen-bond donors (Lipinski definition) is 3. The number of pyridine rings is 1. The highest BCUT2D eigenvalue weighted by Gasteiger charge is 2.40. The summed E-state index contributed by atoms with van der Waals surface area (Å²) in [5.74, 6) is -2.82. The molecule has 3 aromatic rings. The summed E-state index contributed by atoms with van der Waals surface area (Å²) < 4.78 is 46.1. The van der Waals surface area contributed by atoms with Gasteiger partial charge in [-0.3, -0.25) is 15.0 Å². The Bertz CT molecular complexity index is 1300. The van der Waals surface area contributed by atoms with Gasteiger partial charge in [-0.15, -0.1) is 0 Å². The highest BCUT2D eigenvalue weighted by Crippen LogP contribution is 2.37. The Labute approximate surface area is 220 Å². The van der Waals surface area contributed by atoms with Crippen LogP contribution in [-0.2, 0) is 11.2 Å². The summed E-state index contributed by atoms with van der Waals surface area (Å²) in [6, 6.07) is 7.23. The topological polar surface area (TPSA) is 86.7 Å². The normalized spacial score (nSPS) is 15.4. The first kappa shape index (κ1) is 27.7. The number of anilines is 1. The number of benzene rings is 2. The molecule has 10 heteroatoms. The summed E-state index contributed by atoms with van der Waals surface area (Å²) in [6.07, 6.45) is 5.06. The van der Waals surface area contributed by atoms with Crippen molar-refractivity contribution < 1.29 is 27.9 Å². The van der Waals surface area contributed by atoms with E-state index in [-0.39, 0.29) is 18.1 Å². The van der Waals surface area contributed by atoms with Crippen LogP contribution in [0.5, 0.6) is 5.75 Å². The number of ether oxygens (including phenoxy) is 1. The predicted molar refractivity (Wildman–Crippen MR) is 139 cm³/mol. The molecule has 1 aromatic heterocycles. The van der Waals surface area contributed by atoms with Crippen molar-refractivity contribution in [2.24, 2.45) is 5.41 Å². The molecule has 0 saturated carbocycles. The van der Waals surface area contributed by atoms with E-state index in [0.717, 1.165) is 46.7 Å². The van der Waals surface area contributed by atoms with Gasteiger partial charge in [-0.25, -0.2) is 18.7 Å². The third kappa shape index (κ3) is 6.02. The van der Waals surface area contributed by atoms with E-state index in [2.05, 4.69) is 15.2 Å². The monoisotopic (exact) mass is 530 g/mol. The second kappa shape index (κ2) is 12.0. The van der Waals surface area contributed by atoms with Crippen molar-refractivity contribution >= 4 is 22.5 Å². The molecule has 1 fully saturated rings. The first-order valence-electron chi connectivity index (χ1n) is 12.7. The molecule has 0 spiro atoms. The first-order chi connectivity index (χ1) is 18.3. The van der Waals surface area contributed by atoms with Gasteiger partial charge in [0.15, 0.2) is 11.6 Å². The van der Waals surface area contributed by atoms with Crippen LogP contribution in [0.3, 0.4) is 0 Å². The fraction of sp³-hybridized carbons (Fsp3) is 0.429. The number of fused-ring (bicyclic) bond motifs is 1. The highest BCUT2D eigenvalue weighted by molar-refractivity contribution is 5.84. The molecule has 2 aromatic carbocycles. The van der Waals surface area contributed by atoms with Gasteiger partial charge >= 0.3 is 0 Å². The Balaban J connectivity index is 1.36. The number of nitrogens with zero attached hydrogens (tertiary/aromatic N) is 2. The largest absolute Gasteiger partial charge is 0.497 e. The van der Waals surface area contributed by atoms with Crippen LogP contribution in [0, 0.1) is 29.8 Å². The van der Waals surface area contributed by atoms with E-state index in [1.165, 1.54) is 0 Å². The number of methoxy groups -OCH3 is 1. The van der Waals surface area contributed by atoms with E-state index in [1.807, 2.05) is 36.8 Å². The minimum Gasteiger partial charge on any atom is -0.497 e. The summed E-state index contributed by atoms with van der Waals surface area (Å²) in [6.45, 7) is 4.02. The van der Waals surface area contributed by atoms with Gasteiger partial charge in [0.1, 0.15) is 11.6 Å². The highest BCUT2D eigenvalue weighted by atomic mass is 19.2. The van der Waals surface area contributed by atoms with Crippen molar-refractivity contribution in [2.75, 3.05) is 38.6 Å². The second-order valence-corrected chi connectivity index (χ2v) is 9.90. The molecule has 2 heterocycles. The van der Waals surface area contributed by atoms with Gasteiger partial charge in [0.25, 0.3) is 0 Å². The van der Waals surface area contributed by atoms with Crippen LogP contribution in [0.2, 0.25) is 0 Å². The fourth-order valence-electron chi connectivity index (χ4n) is 5.34. The molecular weight excluding hydrogens is 497 g/mol. The number of nitrogens with one attached hydrogen (secondary N) is 2. The van der Waals surface area contributed by atoms with Crippen LogP contribution < -0.4 is 15.5 Å². The summed E-state index contributed by atoms with van der Waals surface area (Å²) in [7, 11) is 1.63. The second-order valence-electron chi connectivity index (χ2n) is 9.90. The molecule has 0 unspecified atom stereocenters. The summed E-state index contributed by atoms with van der Waals surface area (Å²) in [5.41, 5.74) is 4.07. The molecule has 0 aliphatic carbocycles. The number of piperidine rings is 1. The number of aromatic nitrogens is 1. The van der Waals surface area contributed by atoms with Crippen molar-refractivity contribution in [3.8, 4) is 5.75 Å². The standard InChI is InChI=1S/C28H33F3N4O3/c1-18-17-33-24-6-5-20(38-2)16-22(24)21(18)4-3-7-28(27(36)34-37)8-11-35(12-9-28)13-10-32-25-15-19(29)14-23(30)26(25)31/h5-6,14-17,32,37H,3-4,7-13H2,1-2H3,(H,34,36). The minimum absolute atomic E-state index is 0.218. The molecule has 38 heavy (non-hydrogen) atoms. The number of carbonyl (C=O) groups excluding carboxylic acids is 1. The van der Waals surface area contributed by atoms with Gasteiger partial charge in [-0.05, 0) is 81.4 Å². The number of rotatable bonds is 10. The Kier molecular flexibility index (Phi) is 8.73. The van der Waals surface area contributed by atoms with E-state index in [9.17, 15) is 23.2 Å². The molecule has 4 rings (SSSR count). The average Bonchev–Trinajstić information content (AvgIpc) is 2.92. The van der Waals surface area contributed by atoms with E-state index in [4.69, 9.17) is 4.74 Å². The number of hydrogen-bond acceptors (Lipinski definition) is 6. The third-order valence-electron chi connectivity index (χ3n) is 7.62.